The van der Waals surface area contributed by atoms with E-state index in [1.54, 1.807) is 13.8 Å². The van der Waals surface area contributed by atoms with Crippen molar-refractivity contribution in [2.75, 3.05) is 0 Å². The number of aldehydes is 1. The van der Waals surface area contributed by atoms with Gasteiger partial charge in [-0.15, -0.1) is 0 Å². The van der Waals surface area contributed by atoms with Gasteiger partial charge in [-0.2, -0.15) is 0 Å². The minimum atomic E-state index is -0.496. The summed E-state index contributed by atoms with van der Waals surface area (Å²) in [5, 5.41) is 2.68. The van der Waals surface area contributed by atoms with Crippen LogP contribution in [0.4, 0.5) is 4.79 Å². The van der Waals surface area contributed by atoms with Crippen molar-refractivity contribution in [1.82, 2.24) is 5.32 Å². The number of hydrogen-bond acceptors (Lipinski definition) is 3. The molecule has 98 valence electrons. The zero-order valence-electron chi connectivity index (χ0n) is 11.0. The maximum absolute atomic E-state index is 11.5. The van der Waals surface area contributed by atoms with Crippen LogP contribution in [-0.2, 0) is 9.53 Å². The minimum absolute atomic E-state index is 0.115. The molecule has 17 heavy (non-hydrogen) atoms. The van der Waals surface area contributed by atoms with Crippen LogP contribution in [0.3, 0.4) is 0 Å². The molecule has 1 unspecified atom stereocenters. The standard InChI is InChI=1S/C13H23NO3/c1-10(2)17-12(16)14-11(9-15)13(3)7-5-4-6-8-13/h9-11H,4-8H2,1-3H3,(H,14,16). The number of alkyl carbamates (subject to hydrolysis) is 1. The van der Waals surface area contributed by atoms with Gasteiger partial charge < -0.3 is 14.8 Å². The first-order valence-corrected chi connectivity index (χ1v) is 6.40. The average Bonchev–Trinajstić information content (AvgIpc) is 2.25. The van der Waals surface area contributed by atoms with Gasteiger partial charge in [0.25, 0.3) is 0 Å². The first-order chi connectivity index (χ1) is 7.98. The van der Waals surface area contributed by atoms with Crippen LogP contribution in [0.2, 0.25) is 0 Å². The van der Waals surface area contributed by atoms with E-state index in [-0.39, 0.29) is 11.5 Å². The Kier molecular flexibility index (Phi) is 4.97. The summed E-state index contributed by atoms with van der Waals surface area (Å²) in [4.78, 5) is 22.7. The van der Waals surface area contributed by atoms with Gasteiger partial charge in [0.05, 0.1) is 12.1 Å². The number of carbonyl (C=O) groups excluding carboxylic acids is 2. The molecule has 1 N–H and O–H groups in total. The number of amides is 1. The zero-order chi connectivity index (χ0) is 12.9. The molecule has 0 aromatic heterocycles. The molecule has 1 amide bonds. The SMILES string of the molecule is CC(C)OC(=O)NC(C=O)C1(C)CCCCC1. The third kappa shape index (κ3) is 4.02. The van der Waals surface area contributed by atoms with Crippen LogP contribution in [0.25, 0.3) is 0 Å². The third-order valence-corrected chi connectivity index (χ3v) is 3.50. The van der Waals surface area contributed by atoms with E-state index >= 15 is 0 Å². The molecule has 4 nitrogen and oxygen atoms in total. The molecule has 0 bridgehead atoms. The maximum atomic E-state index is 11.5. The number of ether oxygens (including phenoxy) is 1. The van der Waals surface area contributed by atoms with Gasteiger partial charge in [0, 0.05) is 0 Å². The summed E-state index contributed by atoms with van der Waals surface area (Å²) >= 11 is 0. The molecule has 4 heteroatoms. The molecule has 0 spiro atoms. The number of rotatable bonds is 4. The fourth-order valence-electron chi connectivity index (χ4n) is 2.42. The van der Waals surface area contributed by atoms with Gasteiger partial charge in [-0.1, -0.05) is 26.2 Å². The molecule has 1 aliphatic rings. The Labute approximate surface area is 103 Å². The van der Waals surface area contributed by atoms with Gasteiger partial charge >= 0.3 is 6.09 Å². The Morgan fingerprint density at radius 1 is 1.29 bits per heavy atom. The van der Waals surface area contributed by atoms with E-state index in [9.17, 15) is 9.59 Å². The zero-order valence-corrected chi connectivity index (χ0v) is 11.0. The Morgan fingerprint density at radius 3 is 2.35 bits per heavy atom. The minimum Gasteiger partial charge on any atom is -0.447 e. The summed E-state index contributed by atoms with van der Waals surface area (Å²) in [6.07, 6.45) is 5.62. The summed E-state index contributed by atoms with van der Waals surface area (Å²) in [6, 6.07) is -0.436. The van der Waals surface area contributed by atoms with Crippen molar-refractivity contribution in [3.8, 4) is 0 Å². The van der Waals surface area contributed by atoms with Crippen LogP contribution >= 0.6 is 0 Å². The first-order valence-electron chi connectivity index (χ1n) is 6.40. The second-order valence-corrected chi connectivity index (χ2v) is 5.43. The summed E-state index contributed by atoms with van der Waals surface area (Å²) in [6.45, 7) is 5.65. The van der Waals surface area contributed by atoms with E-state index in [0.717, 1.165) is 32.0 Å². The molecule has 0 radical (unpaired) electrons. The highest BCUT2D eigenvalue weighted by molar-refractivity contribution is 5.73. The number of hydrogen-bond donors (Lipinski definition) is 1. The molecule has 0 saturated heterocycles. The number of nitrogens with one attached hydrogen (secondary N) is 1. The second kappa shape index (κ2) is 6.03. The maximum Gasteiger partial charge on any atom is 0.407 e. The van der Waals surface area contributed by atoms with Crippen LogP contribution in [0, 0.1) is 5.41 Å². The van der Waals surface area contributed by atoms with Crippen molar-refractivity contribution < 1.29 is 14.3 Å². The van der Waals surface area contributed by atoms with Gasteiger partial charge in [-0.25, -0.2) is 4.79 Å². The largest absolute Gasteiger partial charge is 0.447 e. The van der Waals surface area contributed by atoms with Gasteiger partial charge in [-0.05, 0) is 32.1 Å². The van der Waals surface area contributed by atoms with Crippen molar-refractivity contribution >= 4 is 12.4 Å². The molecule has 0 aromatic carbocycles. The molecule has 1 atom stereocenters. The highest BCUT2D eigenvalue weighted by Gasteiger charge is 2.36. The van der Waals surface area contributed by atoms with Crippen molar-refractivity contribution in [3.63, 3.8) is 0 Å². The molecular formula is C13H23NO3. The molecule has 1 fully saturated rings. The predicted octanol–water partition coefficient (Wildman–Crippen LogP) is 2.66. The lowest BCUT2D eigenvalue weighted by Crippen LogP contribution is -2.49. The average molecular weight is 241 g/mol. The van der Waals surface area contributed by atoms with Crippen molar-refractivity contribution in [2.24, 2.45) is 5.41 Å². The van der Waals surface area contributed by atoms with E-state index in [0.29, 0.717) is 0 Å². The van der Waals surface area contributed by atoms with E-state index in [1.807, 2.05) is 0 Å². The molecule has 0 heterocycles. The Morgan fingerprint density at radius 2 is 1.88 bits per heavy atom. The fraction of sp³-hybridized carbons (Fsp3) is 0.846. The summed E-state index contributed by atoms with van der Waals surface area (Å²) in [5.41, 5.74) is -0.115. The lowest BCUT2D eigenvalue weighted by Gasteiger charge is -2.38. The van der Waals surface area contributed by atoms with E-state index in [1.165, 1.54) is 6.42 Å². The van der Waals surface area contributed by atoms with Crippen LogP contribution in [0.1, 0.15) is 52.9 Å². The highest BCUT2D eigenvalue weighted by Crippen LogP contribution is 2.38. The lowest BCUT2D eigenvalue weighted by atomic mass is 9.71. The monoisotopic (exact) mass is 241 g/mol. The van der Waals surface area contributed by atoms with Crippen molar-refractivity contribution in [2.45, 2.75) is 65.0 Å². The van der Waals surface area contributed by atoms with Crippen LogP contribution in [0.15, 0.2) is 0 Å². The number of carbonyl (C=O) groups is 2. The van der Waals surface area contributed by atoms with Crippen molar-refractivity contribution in [3.05, 3.63) is 0 Å². The smallest absolute Gasteiger partial charge is 0.407 e. The summed E-state index contributed by atoms with van der Waals surface area (Å²) < 4.78 is 5.01. The van der Waals surface area contributed by atoms with Gasteiger partial charge in [-0.3, -0.25) is 0 Å². The molecule has 1 saturated carbocycles. The molecule has 0 aromatic rings. The third-order valence-electron chi connectivity index (χ3n) is 3.50. The Hall–Kier alpha value is -1.06. The predicted molar refractivity (Wildman–Crippen MR) is 65.8 cm³/mol. The van der Waals surface area contributed by atoms with Crippen LogP contribution in [-0.4, -0.2) is 24.5 Å². The van der Waals surface area contributed by atoms with Crippen LogP contribution < -0.4 is 5.32 Å². The topological polar surface area (TPSA) is 55.4 Å². The van der Waals surface area contributed by atoms with Gasteiger partial charge in [0.2, 0.25) is 0 Å². The van der Waals surface area contributed by atoms with Gasteiger partial charge in [0.15, 0.2) is 0 Å². The van der Waals surface area contributed by atoms with E-state index < -0.39 is 12.1 Å². The lowest BCUT2D eigenvalue weighted by molar-refractivity contribution is -0.112. The van der Waals surface area contributed by atoms with E-state index in [2.05, 4.69) is 12.2 Å². The normalized spacial score (nSPS) is 20.7. The molecular weight excluding hydrogens is 218 g/mol. The Balaban J connectivity index is 2.57. The molecule has 1 aliphatic carbocycles. The van der Waals surface area contributed by atoms with Crippen molar-refractivity contribution in [1.29, 1.82) is 0 Å². The Bertz CT molecular complexity index is 270. The van der Waals surface area contributed by atoms with E-state index in [4.69, 9.17) is 4.74 Å². The first kappa shape index (κ1) is 14.0. The quantitative estimate of drug-likeness (QED) is 0.770. The molecule has 1 rings (SSSR count). The molecule has 0 aliphatic heterocycles. The summed E-state index contributed by atoms with van der Waals surface area (Å²) in [5.74, 6) is 0. The highest BCUT2D eigenvalue weighted by atomic mass is 16.6. The van der Waals surface area contributed by atoms with Gasteiger partial charge in [0.1, 0.15) is 6.29 Å². The summed E-state index contributed by atoms with van der Waals surface area (Å²) in [7, 11) is 0. The second-order valence-electron chi connectivity index (χ2n) is 5.43. The fourth-order valence-corrected chi connectivity index (χ4v) is 2.42. The van der Waals surface area contributed by atoms with Crippen LogP contribution in [0.5, 0.6) is 0 Å².